The molecule has 2 rings (SSSR count). The van der Waals surface area contributed by atoms with Crippen LogP contribution in [-0.2, 0) is 9.47 Å². The molecule has 6 heteroatoms. The number of benzene rings is 2. The third-order valence-electron chi connectivity index (χ3n) is 3.29. The molecule has 1 atom stereocenters. The second-order valence-corrected chi connectivity index (χ2v) is 5.92. The zero-order valence-electron chi connectivity index (χ0n) is 13.0. The second kappa shape index (κ2) is 8.71. The fourth-order valence-corrected chi connectivity index (χ4v) is 2.13. The van der Waals surface area contributed by atoms with Crippen LogP contribution in [0.2, 0.25) is 10.0 Å². The highest BCUT2D eigenvalue weighted by Crippen LogP contribution is 2.13. The van der Waals surface area contributed by atoms with Gasteiger partial charge in [0.05, 0.1) is 11.1 Å². The fraction of sp³-hybridized carbons (Fsp3) is 0.222. The summed E-state index contributed by atoms with van der Waals surface area (Å²) < 4.78 is 10.5. The molecule has 0 bridgehead atoms. The van der Waals surface area contributed by atoms with Gasteiger partial charge in [-0.05, 0) is 55.0 Å². The number of rotatable bonds is 6. The summed E-state index contributed by atoms with van der Waals surface area (Å²) in [4.78, 5) is 24.0. The van der Waals surface area contributed by atoms with Crippen molar-refractivity contribution >= 4 is 35.1 Å². The van der Waals surface area contributed by atoms with Crippen LogP contribution in [-0.4, -0.2) is 24.6 Å². The Morgan fingerprint density at radius 3 is 1.79 bits per heavy atom. The van der Waals surface area contributed by atoms with Crippen LogP contribution in [0, 0.1) is 0 Å². The molecule has 0 amide bonds. The molecule has 2 aromatic rings. The zero-order chi connectivity index (χ0) is 17.5. The number of hydrogen-bond donors (Lipinski definition) is 0. The van der Waals surface area contributed by atoms with E-state index in [2.05, 4.69) is 0 Å². The first kappa shape index (κ1) is 18.3. The summed E-state index contributed by atoms with van der Waals surface area (Å²) in [6.45, 7) is 1.83. The zero-order valence-corrected chi connectivity index (χ0v) is 14.5. The third kappa shape index (κ3) is 5.25. The van der Waals surface area contributed by atoms with E-state index in [9.17, 15) is 9.59 Å². The number of halogens is 2. The summed E-state index contributed by atoms with van der Waals surface area (Å²) in [7, 11) is 0. The molecule has 4 nitrogen and oxygen atoms in total. The van der Waals surface area contributed by atoms with Gasteiger partial charge in [0.2, 0.25) is 0 Å². The van der Waals surface area contributed by atoms with Gasteiger partial charge >= 0.3 is 11.9 Å². The van der Waals surface area contributed by atoms with Crippen molar-refractivity contribution in [2.75, 3.05) is 6.61 Å². The van der Waals surface area contributed by atoms with Crippen molar-refractivity contribution in [2.45, 2.75) is 19.4 Å². The van der Waals surface area contributed by atoms with Gasteiger partial charge in [-0.15, -0.1) is 0 Å². The molecule has 2 aromatic carbocycles. The summed E-state index contributed by atoms with van der Waals surface area (Å²) in [5.41, 5.74) is 0.778. The Morgan fingerprint density at radius 2 is 1.33 bits per heavy atom. The van der Waals surface area contributed by atoms with Crippen molar-refractivity contribution in [3.05, 3.63) is 69.7 Å². The highest BCUT2D eigenvalue weighted by atomic mass is 35.5. The van der Waals surface area contributed by atoms with Crippen LogP contribution in [0.25, 0.3) is 0 Å². The van der Waals surface area contributed by atoms with Crippen LogP contribution in [0.4, 0.5) is 0 Å². The number of carbonyl (C=O) groups is 2. The highest BCUT2D eigenvalue weighted by molar-refractivity contribution is 6.30. The fourth-order valence-electron chi connectivity index (χ4n) is 1.88. The summed E-state index contributed by atoms with van der Waals surface area (Å²) >= 11 is 11.6. The SMILES string of the molecule is CCC(COC(=O)c1ccc(Cl)cc1)OC(=O)c1ccc(Cl)cc1. The lowest BCUT2D eigenvalue weighted by molar-refractivity contribution is -0.00145. The predicted molar refractivity (Wildman–Crippen MR) is 92.7 cm³/mol. The molecule has 0 fully saturated rings. The van der Waals surface area contributed by atoms with Gasteiger partial charge < -0.3 is 9.47 Å². The van der Waals surface area contributed by atoms with Crippen molar-refractivity contribution in [3.63, 3.8) is 0 Å². The lowest BCUT2D eigenvalue weighted by Crippen LogP contribution is -2.24. The standard InChI is InChI=1S/C18H16Cl2O4/c1-2-16(24-18(22)13-5-9-15(20)10-6-13)11-23-17(21)12-3-7-14(19)8-4-12/h3-10,16H,2,11H2,1H3. The number of carbonyl (C=O) groups excluding carboxylic acids is 2. The minimum atomic E-state index is -0.524. The molecule has 0 N–H and O–H groups in total. The molecule has 0 aliphatic heterocycles. The van der Waals surface area contributed by atoms with Crippen LogP contribution in [0.15, 0.2) is 48.5 Å². The topological polar surface area (TPSA) is 52.6 Å². The summed E-state index contributed by atoms with van der Waals surface area (Å²) in [6.07, 6.45) is -0.00262. The molecular weight excluding hydrogens is 351 g/mol. The molecule has 0 spiro atoms. The van der Waals surface area contributed by atoms with E-state index in [1.807, 2.05) is 6.92 Å². The smallest absolute Gasteiger partial charge is 0.338 e. The monoisotopic (exact) mass is 366 g/mol. The Balaban J connectivity index is 1.89. The highest BCUT2D eigenvalue weighted by Gasteiger charge is 2.17. The summed E-state index contributed by atoms with van der Waals surface area (Å²) in [5.74, 6) is -0.978. The number of hydrogen-bond acceptors (Lipinski definition) is 4. The molecule has 0 heterocycles. The van der Waals surface area contributed by atoms with Crippen LogP contribution in [0.5, 0.6) is 0 Å². The lowest BCUT2D eigenvalue weighted by Gasteiger charge is -2.16. The van der Waals surface area contributed by atoms with E-state index in [0.29, 0.717) is 27.6 Å². The van der Waals surface area contributed by atoms with Gasteiger partial charge in [-0.1, -0.05) is 30.1 Å². The van der Waals surface area contributed by atoms with Gasteiger partial charge in [0.15, 0.2) is 0 Å². The molecule has 0 aliphatic carbocycles. The third-order valence-corrected chi connectivity index (χ3v) is 3.79. The van der Waals surface area contributed by atoms with Gasteiger partial charge in [-0.25, -0.2) is 9.59 Å². The van der Waals surface area contributed by atoms with E-state index in [1.165, 1.54) is 0 Å². The maximum Gasteiger partial charge on any atom is 0.338 e. The minimum absolute atomic E-state index is 0.0166. The van der Waals surface area contributed by atoms with E-state index in [1.54, 1.807) is 48.5 Å². The Hall–Kier alpha value is -2.04. The van der Waals surface area contributed by atoms with Crippen molar-refractivity contribution in [1.82, 2.24) is 0 Å². The van der Waals surface area contributed by atoms with Gasteiger partial charge in [0.1, 0.15) is 12.7 Å². The molecule has 1 unspecified atom stereocenters. The van der Waals surface area contributed by atoms with Crippen LogP contribution in [0.3, 0.4) is 0 Å². The maximum atomic E-state index is 12.1. The molecule has 0 aliphatic rings. The molecule has 24 heavy (non-hydrogen) atoms. The van der Waals surface area contributed by atoms with Crippen molar-refractivity contribution in [2.24, 2.45) is 0 Å². The minimum Gasteiger partial charge on any atom is -0.458 e. The quantitative estimate of drug-likeness (QED) is 0.689. The Labute approximate surface area is 150 Å². The predicted octanol–water partition coefficient (Wildman–Crippen LogP) is 4.79. The van der Waals surface area contributed by atoms with Gasteiger partial charge in [-0.3, -0.25) is 0 Å². The van der Waals surface area contributed by atoms with E-state index in [4.69, 9.17) is 32.7 Å². The van der Waals surface area contributed by atoms with Crippen molar-refractivity contribution < 1.29 is 19.1 Å². The molecule has 126 valence electrons. The van der Waals surface area contributed by atoms with Gasteiger partial charge in [0, 0.05) is 10.0 Å². The van der Waals surface area contributed by atoms with E-state index < -0.39 is 18.0 Å². The first-order chi connectivity index (χ1) is 11.5. The Kier molecular flexibility index (Phi) is 6.64. The van der Waals surface area contributed by atoms with E-state index in [-0.39, 0.29) is 6.61 Å². The number of ether oxygens (including phenoxy) is 2. The maximum absolute atomic E-state index is 12.1. The van der Waals surface area contributed by atoms with Crippen LogP contribution >= 0.6 is 23.2 Å². The van der Waals surface area contributed by atoms with E-state index in [0.717, 1.165) is 0 Å². The molecular formula is C18H16Cl2O4. The first-order valence-corrected chi connectivity index (χ1v) is 8.14. The van der Waals surface area contributed by atoms with Crippen LogP contribution < -0.4 is 0 Å². The van der Waals surface area contributed by atoms with Crippen molar-refractivity contribution in [1.29, 1.82) is 0 Å². The second-order valence-electron chi connectivity index (χ2n) is 5.05. The first-order valence-electron chi connectivity index (χ1n) is 7.39. The van der Waals surface area contributed by atoms with Gasteiger partial charge in [-0.2, -0.15) is 0 Å². The normalized spacial score (nSPS) is 11.6. The lowest BCUT2D eigenvalue weighted by atomic mass is 10.2. The average molecular weight is 367 g/mol. The van der Waals surface area contributed by atoms with Crippen molar-refractivity contribution in [3.8, 4) is 0 Å². The van der Waals surface area contributed by atoms with Gasteiger partial charge in [0.25, 0.3) is 0 Å². The molecule has 0 aromatic heterocycles. The summed E-state index contributed by atoms with van der Waals surface area (Å²) in [5, 5.41) is 1.07. The van der Waals surface area contributed by atoms with E-state index >= 15 is 0 Å². The Bertz CT molecular complexity index is 696. The summed E-state index contributed by atoms with van der Waals surface area (Å²) in [6, 6.07) is 12.7. The number of esters is 2. The molecule has 0 radical (unpaired) electrons. The molecule has 0 saturated heterocycles. The Morgan fingerprint density at radius 1 is 0.875 bits per heavy atom. The average Bonchev–Trinajstić information content (AvgIpc) is 2.59. The largest absolute Gasteiger partial charge is 0.458 e. The molecule has 0 saturated carbocycles. The van der Waals surface area contributed by atoms with Crippen LogP contribution in [0.1, 0.15) is 34.1 Å².